The Balaban J connectivity index is 0.774. The fourth-order valence-electron chi connectivity index (χ4n) is 16.9. The van der Waals surface area contributed by atoms with Gasteiger partial charge in [-0.05, 0) is 168 Å². The van der Waals surface area contributed by atoms with Crippen LogP contribution in [0.5, 0.6) is 0 Å². The molecule has 2 aliphatic rings. The molecule has 0 aliphatic heterocycles. The molecule has 0 unspecified atom stereocenters. The molecule has 14 aromatic carbocycles. The fourth-order valence-corrected chi connectivity index (χ4v) is 16.9. The Bertz CT molecular complexity index is 5990. The second-order valence-electron chi connectivity index (χ2n) is 28.1. The lowest BCUT2D eigenvalue weighted by atomic mass is 9.82. The summed E-state index contributed by atoms with van der Waals surface area (Å²) in [7, 11) is 0. The van der Waals surface area contributed by atoms with Crippen LogP contribution in [-0.2, 0) is 10.8 Å². The van der Waals surface area contributed by atoms with E-state index in [-0.39, 0.29) is 10.8 Å². The van der Waals surface area contributed by atoms with E-state index in [2.05, 4.69) is 363 Å². The van der Waals surface area contributed by atoms with Crippen molar-refractivity contribution in [1.82, 2.24) is 23.7 Å². The minimum Gasteiger partial charge on any atom is -0.309 e. The van der Waals surface area contributed by atoms with Gasteiger partial charge in [-0.25, -0.2) is 9.97 Å². The van der Waals surface area contributed by atoms with Crippen molar-refractivity contribution in [3.8, 4) is 107 Å². The quantitative estimate of drug-likeness (QED) is 0.144. The monoisotopic (exact) mass is 1260 g/mol. The predicted octanol–water partition coefficient (Wildman–Crippen LogP) is 24.4. The predicted molar refractivity (Wildman–Crippen MR) is 413 cm³/mol. The zero-order valence-electron chi connectivity index (χ0n) is 55.3. The van der Waals surface area contributed by atoms with Gasteiger partial charge in [0.1, 0.15) is 0 Å². The summed E-state index contributed by atoms with van der Waals surface area (Å²) < 4.78 is 7.25. The molecular formula is C94H65N5. The Morgan fingerprint density at radius 3 is 1.00 bits per heavy atom. The van der Waals surface area contributed by atoms with Gasteiger partial charge in [-0.3, -0.25) is 4.57 Å². The molecule has 0 saturated heterocycles. The maximum atomic E-state index is 5.69. The summed E-state index contributed by atoms with van der Waals surface area (Å²) in [5.41, 5.74) is 32.4. The maximum absolute atomic E-state index is 5.69. The molecule has 0 bridgehead atoms. The first kappa shape index (κ1) is 56.9. The first-order valence-electron chi connectivity index (χ1n) is 34.4. The molecule has 0 spiro atoms. The Morgan fingerprint density at radius 1 is 0.212 bits per heavy atom. The number of hydrogen-bond donors (Lipinski definition) is 0. The van der Waals surface area contributed by atoms with Crippen LogP contribution in [-0.4, -0.2) is 23.7 Å². The highest BCUT2D eigenvalue weighted by Crippen LogP contribution is 2.52. The molecule has 5 nitrogen and oxygen atoms in total. The second-order valence-corrected chi connectivity index (χ2v) is 28.1. The minimum absolute atomic E-state index is 0.125. The molecule has 5 heteroatoms. The fraction of sp³-hybridized carbons (Fsp3) is 0.0638. The maximum Gasteiger partial charge on any atom is 0.235 e. The summed E-state index contributed by atoms with van der Waals surface area (Å²) >= 11 is 0. The molecule has 18 aromatic rings. The summed E-state index contributed by atoms with van der Waals surface area (Å²) in [6.45, 7) is 9.45. The van der Waals surface area contributed by atoms with Gasteiger partial charge in [0.2, 0.25) is 5.95 Å². The van der Waals surface area contributed by atoms with Gasteiger partial charge in [0.25, 0.3) is 0 Å². The number of aromatic nitrogens is 5. The highest BCUT2D eigenvalue weighted by molar-refractivity contribution is 6.14. The number of para-hydroxylation sites is 2. The number of benzene rings is 14. The van der Waals surface area contributed by atoms with E-state index < -0.39 is 0 Å². The van der Waals surface area contributed by atoms with Gasteiger partial charge in [0.05, 0.1) is 44.5 Å². The van der Waals surface area contributed by atoms with Crippen molar-refractivity contribution in [2.75, 3.05) is 0 Å². The molecule has 0 radical (unpaired) electrons. The van der Waals surface area contributed by atoms with Gasteiger partial charge >= 0.3 is 0 Å². The second kappa shape index (κ2) is 21.5. The Morgan fingerprint density at radius 2 is 0.545 bits per heavy atom. The van der Waals surface area contributed by atoms with E-state index in [0.717, 1.165) is 89.1 Å². The highest BCUT2D eigenvalue weighted by atomic mass is 15.2. The molecule has 0 fully saturated rings. The third kappa shape index (κ3) is 8.73. The number of nitrogens with zero attached hydrogens (tertiary/aromatic N) is 5. The third-order valence-electron chi connectivity index (χ3n) is 21.9. The molecule has 99 heavy (non-hydrogen) atoms. The molecule has 2 aliphatic carbocycles. The lowest BCUT2D eigenvalue weighted by molar-refractivity contribution is 0.660. The first-order chi connectivity index (χ1) is 48.6. The van der Waals surface area contributed by atoms with E-state index in [9.17, 15) is 0 Å². The van der Waals surface area contributed by atoms with Gasteiger partial charge in [-0.1, -0.05) is 270 Å². The van der Waals surface area contributed by atoms with E-state index in [4.69, 9.17) is 9.97 Å². The molecule has 4 aromatic heterocycles. The van der Waals surface area contributed by atoms with E-state index in [0.29, 0.717) is 5.95 Å². The summed E-state index contributed by atoms with van der Waals surface area (Å²) in [6.07, 6.45) is 0. The highest BCUT2D eigenvalue weighted by Gasteiger charge is 2.37. The van der Waals surface area contributed by atoms with Crippen LogP contribution >= 0.6 is 0 Å². The Kier molecular flexibility index (Phi) is 12.4. The van der Waals surface area contributed by atoms with Crippen molar-refractivity contribution in [1.29, 1.82) is 0 Å². The zero-order chi connectivity index (χ0) is 65.8. The van der Waals surface area contributed by atoms with Crippen LogP contribution < -0.4 is 0 Å². The van der Waals surface area contributed by atoms with Crippen LogP contribution in [0, 0.1) is 0 Å². The van der Waals surface area contributed by atoms with Crippen LogP contribution in [0.15, 0.2) is 322 Å². The van der Waals surface area contributed by atoms with Crippen LogP contribution in [0.1, 0.15) is 49.9 Å². The summed E-state index contributed by atoms with van der Waals surface area (Å²) in [4.78, 5) is 11.4. The summed E-state index contributed by atoms with van der Waals surface area (Å²) in [6, 6.07) is 119. The number of fused-ring (bicyclic) bond motifs is 15. The van der Waals surface area contributed by atoms with Gasteiger partial charge < -0.3 is 9.13 Å². The standard InChI is InChI=1S/C94H65N5/c1-93(2)80-27-15-11-23-70(80)72-47-43-68(55-82(72)93)97-86-29-17-13-25-74(86)78-51-64(41-49-88(78)97)66-39-45-76-77-46-40-67(65-42-50-89-79(52-65)75-26-14-18-30-87(75)98(89)69-44-48-73-71-24-12-16-28-81(71)94(3,4)83(73)56-69)54-91(77)99(90(76)53-66)92-95-84(62-35-31-60(32-36-62)58-19-7-5-8-20-58)57-85(96-92)63-37-33-61(34-38-63)59-21-9-6-10-22-59/h5-57H,1-4H3. The molecule has 4 heterocycles. The molecular weight excluding hydrogens is 1200 g/mol. The molecule has 0 N–H and O–H groups in total. The summed E-state index contributed by atoms with van der Waals surface area (Å²) in [5, 5.41) is 7.08. The minimum atomic E-state index is -0.125. The smallest absolute Gasteiger partial charge is 0.235 e. The van der Waals surface area contributed by atoms with Crippen LogP contribution in [0.4, 0.5) is 0 Å². The van der Waals surface area contributed by atoms with Crippen molar-refractivity contribution in [2.24, 2.45) is 0 Å². The third-order valence-corrected chi connectivity index (χ3v) is 21.9. The normalized spacial score (nSPS) is 13.4. The largest absolute Gasteiger partial charge is 0.309 e. The van der Waals surface area contributed by atoms with Crippen molar-refractivity contribution < 1.29 is 0 Å². The zero-order valence-corrected chi connectivity index (χ0v) is 55.3. The average Bonchev–Trinajstić information content (AvgIpc) is 1.57. The Hall–Kier alpha value is -12.4. The van der Waals surface area contributed by atoms with Crippen molar-refractivity contribution >= 4 is 65.4 Å². The first-order valence-corrected chi connectivity index (χ1v) is 34.4. The van der Waals surface area contributed by atoms with E-state index in [1.54, 1.807) is 0 Å². The number of hydrogen-bond acceptors (Lipinski definition) is 2. The van der Waals surface area contributed by atoms with Gasteiger partial charge in [-0.15, -0.1) is 0 Å². The van der Waals surface area contributed by atoms with Crippen molar-refractivity contribution in [2.45, 2.75) is 38.5 Å². The average molecular weight is 1260 g/mol. The van der Waals surface area contributed by atoms with E-state index in [1.807, 2.05) is 0 Å². The van der Waals surface area contributed by atoms with Gasteiger partial charge in [-0.2, -0.15) is 0 Å². The lowest BCUT2D eigenvalue weighted by Crippen LogP contribution is -2.15. The SMILES string of the molecule is CC1(C)c2ccccc2-c2ccc(-n3c4ccccc4c4cc(-c5ccc6c7ccc(-c8ccc9c(c8)c8ccccc8n9-c8ccc9c(c8)C(C)(C)c8ccccc8-9)cc7n(-c7nc(-c8ccc(-c9ccccc9)cc8)cc(-c8ccc(-c9ccccc9)cc8)n7)c6c5)ccc43)cc21. The Labute approximate surface area is 574 Å². The van der Waals surface area contributed by atoms with E-state index >= 15 is 0 Å². The van der Waals surface area contributed by atoms with Crippen LogP contribution in [0.3, 0.4) is 0 Å². The molecule has 20 rings (SSSR count). The topological polar surface area (TPSA) is 40.6 Å². The summed E-state index contributed by atoms with van der Waals surface area (Å²) in [5.74, 6) is 0.592. The van der Waals surface area contributed by atoms with Crippen molar-refractivity contribution in [3.05, 3.63) is 344 Å². The molecule has 0 saturated carbocycles. The molecule has 0 amide bonds. The number of rotatable bonds is 9. The lowest BCUT2D eigenvalue weighted by Gasteiger charge is -2.22. The van der Waals surface area contributed by atoms with Crippen LogP contribution in [0.2, 0.25) is 0 Å². The van der Waals surface area contributed by atoms with E-state index in [1.165, 1.54) is 99.2 Å². The van der Waals surface area contributed by atoms with Crippen molar-refractivity contribution in [3.63, 3.8) is 0 Å². The van der Waals surface area contributed by atoms with Gasteiger partial charge in [0, 0.05) is 65.6 Å². The molecule has 0 atom stereocenters. The molecule has 466 valence electrons. The van der Waals surface area contributed by atoms with Crippen LogP contribution in [0.25, 0.3) is 172 Å². The van der Waals surface area contributed by atoms with Gasteiger partial charge in [0.15, 0.2) is 0 Å².